The van der Waals surface area contributed by atoms with Crippen LogP contribution in [0.1, 0.15) is 38.4 Å². The second kappa shape index (κ2) is 6.05. The largest absolute Gasteiger partial charge is 0.446 e. The number of likely N-dealkylation sites (tertiary alicyclic amines) is 1. The maximum Gasteiger partial charge on any atom is 0.294 e. The van der Waals surface area contributed by atoms with Gasteiger partial charge in [0.2, 0.25) is 0 Å². The molecule has 1 saturated heterocycles. The molecule has 1 aliphatic heterocycles. The smallest absolute Gasteiger partial charge is 0.294 e. The molecule has 3 heterocycles. The minimum absolute atomic E-state index is 0.250. The lowest BCUT2D eigenvalue weighted by atomic mass is 10.0. The fourth-order valence-corrected chi connectivity index (χ4v) is 3.46. The van der Waals surface area contributed by atoms with Crippen molar-refractivity contribution in [3.05, 3.63) is 17.2 Å². The summed E-state index contributed by atoms with van der Waals surface area (Å²) >= 11 is 6.17. The number of nitrogens with zero attached hydrogens (tertiary/aromatic N) is 5. The van der Waals surface area contributed by atoms with Crippen molar-refractivity contribution in [2.45, 2.75) is 45.4 Å². The van der Waals surface area contributed by atoms with E-state index in [0.29, 0.717) is 11.6 Å². The van der Waals surface area contributed by atoms with Gasteiger partial charge < -0.3 is 4.74 Å². The summed E-state index contributed by atoms with van der Waals surface area (Å²) in [5.41, 5.74) is 1.04. The quantitative estimate of drug-likeness (QED) is 0.629. The highest BCUT2D eigenvalue weighted by atomic mass is 35.5. The molecule has 124 valence electrons. The van der Waals surface area contributed by atoms with Gasteiger partial charge in [-0.3, -0.25) is 9.69 Å². The van der Waals surface area contributed by atoms with Crippen LogP contribution in [0.2, 0.25) is 5.15 Å². The molecule has 0 saturated carbocycles. The van der Waals surface area contributed by atoms with E-state index in [1.54, 1.807) is 0 Å². The van der Waals surface area contributed by atoms with Crippen LogP contribution >= 0.6 is 11.6 Å². The van der Waals surface area contributed by atoms with Gasteiger partial charge in [0.05, 0.1) is 17.1 Å². The Labute approximate surface area is 139 Å². The zero-order valence-electron chi connectivity index (χ0n) is 13.5. The van der Waals surface area contributed by atoms with E-state index in [2.05, 4.69) is 20.0 Å². The molecule has 2 aromatic rings. The Morgan fingerprint density at radius 1 is 1.35 bits per heavy atom. The first-order valence-corrected chi connectivity index (χ1v) is 8.03. The van der Waals surface area contributed by atoms with Crippen molar-refractivity contribution in [3.63, 3.8) is 0 Å². The minimum atomic E-state index is -0.583. The van der Waals surface area contributed by atoms with Gasteiger partial charge in [-0.2, -0.15) is 5.10 Å². The molecular formula is C15H20ClN5O2. The highest BCUT2D eigenvalue weighted by Gasteiger charge is 2.33. The fraction of sp³-hybridized carbons (Fsp3) is 0.600. The molecular weight excluding hydrogens is 318 g/mol. The SMILES string of the molecule is Cc1nn(C2CCN(C(C)(C)OC=O)CC2)c2ncnc(Cl)c12. The van der Waals surface area contributed by atoms with Crippen molar-refractivity contribution in [1.82, 2.24) is 24.6 Å². The number of aryl methyl sites for hydroxylation is 1. The van der Waals surface area contributed by atoms with Crippen LogP contribution < -0.4 is 0 Å². The van der Waals surface area contributed by atoms with Crippen molar-refractivity contribution in [2.75, 3.05) is 13.1 Å². The molecule has 0 unspecified atom stereocenters. The Bertz CT molecular complexity index is 722. The van der Waals surface area contributed by atoms with Crippen LogP contribution in [0.15, 0.2) is 6.33 Å². The Balaban J connectivity index is 1.81. The van der Waals surface area contributed by atoms with Gasteiger partial charge in [0, 0.05) is 13.1 Å². The molecule has 0 bridgehead atoms. The number of ether oxygens (including phenoxy) is 1. The van der Waals surface area contributed by atoms with Gasteiger partial charge in [0.15, 0.2) is 11.4 Å². The van der Waals surface area contributed by atoms with Crippen LogP contribution in [0.3, 0.4) is 0 Å². The first-order valence-electron chi connectivity index (χ1n) is 7.66. The van der Waals surface area contributed by atoms with E-state index in [1.165, 1.54) is 6.33 Å². The molecule has 0 amide bonds. The van der Waals surface area contributed by atoms with E-state index in [0.717, 1.165) is 42.7 Å². The number of piperidine rings is 1. The summed E-state index contributed by atoms with van der Waals surface area (Å²) in [6, 6.07) is 0.250. The van der Waals surface area contributed by atoms with Gasteiger partial charge >= 0.3 is 0 Å². The average molecular weight is 338 g/mol. The third-order valence-corrected chi connectivity index (χ3v) is 4.81. The van der Waals surface area contributed by atoms with Crippen molar-refractivity contribution in [2.24, 2.45) is 0 Å². The minimum Gasteiger partial charge on any atom is -0.446 e. The van der Waals surface area contributed by atoms with Crippen molar-refractivity contribution in [3.8, 4) is 0 Å². The lowest BCUT2D eigenvalue weighted by Gasteiger charge is -2.41. The Hall–Kier alpha value is -1.73. The van der Waals surface area contributed by atoms with E-state index < -0.39 is 5.72 Å². The number of fused-ring (bicyclic) bond motifs is 1. The van der Waals surface area contributed by atoms with Crippen LogP contribution in [0.4, 0.5) is 0 Å². The summed E-state index contributed by atoms with van der Waals surface area (Å²) in [5, 5.41) is 5.88. The van der Waals surface area contributed by atoms with E-state index in [-0.39, 0.29) is 6.04 Å². The summed E-state index contributed by atoms with van der Waals surface area (Å²) in [6.45, 7) is 7.89. The van der Waals surface area contributed by atoms with Crippen molar-refractivity contribution >= 4 is 29.1 Å². The summed E-state index contributed by atoms with van der Waals surface area (Å²) in [7, 11) is 0. The molecule has 7 nitrogen and oxygen atoms in total. The number of aromatic nitrogens is 4. The lowest BCUT2D eigenvalue weighted by molar-refractivity contribution is -0.164. The maximum absolute atomic E-state index is 10.6. The van der Waals surface area contributed by atoms with Crippen LogP contribution in [-0.4, -0.2) is 49.9 Å². The normalized spacial score (nSPS) is 17.6. The maximum atomic E-state index is 10.6. The summed E-state index contributed by atoms with van der Waals surface area (Å²) in [6.07, 6.45) is 3.28. The highest BCUT2D eigenvalue weighted by molar-refractivity contribution is 6.34. The van der Waals surface area contributed by atoms with Gasteiger partial charge in [-0.05, 0) is 33.6 Å². The van der Waals surface area contributed by atoms with Gasteiger partial charge in [-0.1, -0.05) is 11.6 Å². The molecule has 3 rings (SSSR count). The standard InChI is InChI=1S/C15H20ClN5O2/c1-10-12-13(16)17-8-18-14(12)21(19-10)11-4-6-20(7-5-11)15(2,3)23-9-22/h8-9,11H,4-7H2,1-3H3. The number of carbonyl (C=O) groups excluding carboxylic acids is 1. The molecule has 1 aliphatic rings. The monoisotopic (exact) mass is 337 g/mol. The molecule has 23 heavy (non-hydrogen) atoms. The number of hydrogen-bond donors (Lipinski definition) is 0. The highest BCUT2D eigenvalue weighted by Crippen LogP contribution is 2.31. The molecule has 8 heteroatoms. The third kappa shape index (κ3) is 2.90. The van der Waals surface area contributed by atoms with E-state index in [9.17, 15) is 4.79 Å². The second-order valence-electron chi connectivity index (χ2n) is 6.27. The number of halogens is 1. The van der Waals surface area contributed by atoms with Crippen LogP contribution in [0.25, 0.3) is 11.0 Å². The van der Waals surface area contributed by atoms with Crippen LogP contribution in [0.5, 0.6) is 0 Å². The summed E-state index contributed by atoms with van der Waals surface area (Å²) < 4.78 is 7.15. The summed E-state index contributed by atoms with van der Waals surface area (Å²) in [4.78, 5) is 21.2. The van der Waals surface area contributed by atoms with Gasteiger partial charge in [-0.15, -0.1) is 0 Å². The Morgan fingerprint density at radius 2 is 2.04 bits per heavy atom. The van der Waals surface area contributed by atoms with Crippen LogP contribution in [0, 0.1) is 6.92 Å². The Kier molecular flexibility index (Phi) is 4.25. The zero-order chi connectivity index (χ0) is 16.6. The molecule has 0 radical (unpaired) electrons. The first-order chi connectivity index (χ1) is 10.9. The first kappa shape index (κ1) is 16.1. The second-order valence-corrected chi connectivity index (χ2v) is 6.63. The van der Waals surface area contributed by atoms with Gasteiger partial charge in [0.1, 0.15) is 11.5 Å². The molecule has 2 aromatic heterocycles. The van der Waals surface area contributed by atoms with Crippen LogP contribution in [-0.2, 0) is 9.53 Å². The molecule has 0 spiro atoms. The van der Waals surface area contributed by atoms with Gasteiger partial charge in [-0.25, -0.2) is 14.6 Å². The average Bonchev–Trinajstić information content (AvgIpc) is 2.86. The predicted octanol–water partition coefficient (Wildman–Crippen LogP) is 2.33. The predicted molar refractivity (Wildman–Crippen MR) is 86.1 cm³/mol. The van der Waals surface area contributed by atoms with E-state index >= 15 is 0 Å². The molecule has 0 N–H and O–H groups in total. The van der Waals surface area contributed by atoms with Crippen molar-refractivity contribution < 1.29 is 9.53 Å². The molecule has 0 atom stereocenters. The summed E-state index contributed by atoms with van der Waals surface area (Å²) in [5.74, 6) is 0. The number of hydrogen-bond acceptors (Lipinski definition) is 6. The molecule has 0 aliphatic carbocycles. The Morgan fingerprint density at radius 3 is 2.70 bits per heavy atom. The fourth-order valence-electron chi connectivity index (χ4n) is 3.20. The molecule has 1 fully saturated rings. The van der Waals surface area contributed by atoms with E-state index in [4.69, 9.17) is 16.3 Å². The zero-order valence-corrected chi connectivity index (χ0v) is 14.2. The molecule has 0 aromatic carbocycles. The topological polar surface area (TPSA) is 73.1 Å². The number of rotatable bonds is 4. The van der Waals surface area contributed by atoms with E-state index in [1.807, 2.05) is 25.5 Å². The lowest BCUT2D eigenvalue weighted by Crippen LogP contribution is -2.50. The third-order valence-electron chi connectivity index (χ3n) is 4.53. The van der Waals surface area contributed by atoms with Gasteiger partial charge in [0.25, 0.3) is 6.47 Å². The van der Waals surface area contributed by atoms with Crippen molar-refractivity contribution in [1.29, 1.82) is 0 Å². The number of carbonyl (C=O) groups is 1.